The van der Waals surface area contributed by atoms with E-state index in [1.807, 2.05) is 6.92 Å². The number of anilines is 1. The number of nitrogens with one attached hydrogen (secondary N) is 1. The third kappa shape index (κ3) is 2.85. The Labute approximate surface area is 94.0 Å². The minimum absolute atomic E-state index is 0.145. The summed E-state index contributed by atoms with van der Waals surface area (Å²) in [6.07, 6.45) is 0. The third-order valence-electron chi connectivity index (χ3n) is 2.24. The predicted molar refractivity (Wildman–Crippen MR) is 60.3 cm³/mol. The van der Waals surface area contributed by atoms with Crippen LogP contribution in [0.4, 0.5) is 14.9 Å². The highest BCUT2D eigenvalue weighted by Crippen LogP contribution is 2.20. The van der Waals surface area contributed by atoms with E-state index in [2.05, 4.69) is 5.32 Å². The number of halogens is 1. The number of urea groups is 1. The minimum atomic E-state index is -0.516. The van der Waals surface area contributed by atoms with E-state index in [9.17, 15) is 9.18 Å². The fourth-order valence-electron chi connectivity index (χ4n) is 1.08. The van der Waals surface area contributed by atoms with Crippen molar-refractivity contribution < 1.29 is 13.9 Å². The fourth-order valence-corrected chi connectivity index (χ4v) is 1.08. The summed E-state index contributed by atoms with van der Waals surface area (Å²) >= 11 is 0. The van der Waals surface area contributed by atoms with Gasteiger partial charge in [0.15, 0.2) is 0 Å². The molecule has 88 valence electrons. The van der Waals surface area contributed by atoms with E-state index >= 15 is 0 Å². The van der Waals surface area contributed by atoms with Crippen LogP contribution in [0.5, 0.6) is 5.75 Å². The summed E-state index contributed by atoms with van der Waals surface area (Å²) in [5, 5.41) is 2.47. The lowest BCUT2D eigenvalue weighted by Gasteiger charge is -2.16. The summed E-state index contributed by atoms with van der Waals surface area (Å²) in [5.74, 6) is -0.100. The maximum absolute atomic E-state index is 13.5. The maximum Gasteiger partial charge on any atom is 0.321 e. The van der Waals surface area contributed by atoms with Crippen molar-refractivity contribution in [2.75, 3.05) is 26.0 Å². The molecule has 0 unspecified atom stereocenters. The summed E-state index contributed by atoms with van der Waals surface area (Å²) in [6, 6.07) is 3.94. The van der Waals surface area contributed by atoms with Crippen LogP contribution in [-0.2, 0) is 0 Å². The second-order valence-electron chi connectivity index (χ2n) is 3.29. The molecule has 1 rings (SSSR count). The maximum atomic E-state index is 13.5. The van der Waals surface area contributed by atoms with Crippen LogP contribution in [0.3, 0.4) is 0 Å². The molecule has 0 saturated carbocycles. The Morgan fingerprint density at radius 2 is 2.25 bits per heavy atom. The van der Waals surface area contributed by atoms with Crippen LogP contribution in [-0.4, -0.2) is 31.6 Å². The Hall–Kier alpha value is -1.78. The SMILES string of the molecule is CCN(C)C(=O)Nc1ccc(OC)cc1F. The van der Waals surface area contributed by atoms with E-state index in [0.717, 1.165) is 0 Å². The molecule has 0 atom stereocenters. The monoisotopic (exact) mass is 226 g/mol. The average molecular weight is 226 g/mol. The molecule has 0 aliphatic rings. The summed E-state index contributed by atoms with van der Waals surface area (Å²) in [4.78, 5) is 12.9. The molecule has 4 nitrogen and oxygen atoms in total. The van der Waals surface area contributed by atoms with Gasteiger partial charge in [-0.15, -0.1) is 0 Å². The molecule has 0 aromatic heterocycles. The first-order valence-corrected chi connectivity index (χ1v) is 4.94. The lowest BCUT2D eigenvalue weighted by Crippen LogP contribution is -2.31. The van der Waals surface area contributed by atoms with Gasteiger partial charge in [-0.25, -0.2) is 9.18 Å². The van der Waals surface area contributed by atoms with Gasteiger partial charge in [0.05, 0.1) is 12.8 Å². The summed E-state index contributed by atoms with van der Waals surface area (Å²) < 4.78 is 18.3. The molecule has 0 spiro atoms. The van der Waals surface area contributed by atoms with Crippen LogP contribution in [0.25, 0.3) is 0 Å². The van der Waals surface area contributed by atoms with E-state index in [1.54, 1.807) is 13.1 Å². The summed E-state index contributed by atoms with van der Waals surface area (Å²) in [6.45, 7) is 2.40. The summed E-state index contributed by atoms with van der Waals surface area (Å²) in [5.41, 5.74) is 0.145. The van der Waals surface area contributed by atoms with Crippen molar-refractivity contribution in [1.29, 1.82) is 0 Å². The first-order chi connectivity index (χ1) is 7.58. The lowest BCUT2D eigenvalue weighted by molar-refractivity contribution is 0.224. The van der Waals surface area contributed by atoms with Gasteiger partial charge in [0.1, 0.15) is 11.6 Å². The zero-order chi connectivity index (χ0) is 12.1. The summed E-state index contributed by atoms with van der Waals surface area (Å²) in [7, 11) is 3.09. The number of ether oxygens (including phenoxy) is 1. The smallest absolute Gasteiger partial charge is 0.321 e. The van der Waals surface area contributed by atoms with Gasteiger partial charge < -0.3 is 15.0 Å². The minimum Gasteiger partial charge on any atom is -0.497 e. The second kappa shape index (κ2) is 5.34. The van der Waals surface area contributed by atoms with Crippen LogP contribution >= 0.6 is 0 Å². The van der Waals surface area contributed by atoms with Gasteiger partial charge in [-0.2, -0.15) is 0 Å². The topological polar surface area (TPSA) is 41.6 Å². The molecule has 0 aliphatic carbocycles. The highest BCUT2D eigenvalue weighted by molar-refractivity contribution is 5.89. The molecule has 0 heterocycles. The van der Waals surface area contributed by atoms with Gasteiger partial charge in [0.2, 0.25) is 0 Å². The van der Waals surface area contributed by atoms with Crippen molar-refractivity contribution in [3.63, 3.8) is 0 Å². The van der Waals surface area contributed by atoms with Gasteiger partial charge in [-0.1, -0.05) is 0 Å². The Balaban J connectivity index is 2.78. The zero-order valence-electron chi connectivity index (χ0n) is 9.58. The quantitative estimate of drug-likeness (QED) is 0.859. The molecule has 16 heavy (non-hydrogen) atoms. The van der Waals surface area contributed by atoms with E-state index < -0.39 is 5.82 Å². The Morgan fingerprint density at radius 3 is 2.75 bits per heavy atom. The van der Waals surface area contributed by atoms with Crippen LogP contribution in [0.1, 0.15) is 6.92 Å². The zero-order valence-corrected chi connectivity index (χ0v) is 9.58. The van der Waals surface area contributed by atoms with E-state index in [0.29, 0.717) is 12.3 Å². The third-order valence-corrected chi connectivity index (χ3v) is 2.24. The Kier molecular flexibility index (Phi) is 4.10. The highest BCUT2D eigenvalue weighted by atomic mass is 19.1. The number of rotatable bonds is 3. The van der Waals surface area contributed by atoms with Gasteiger partial charge >= 0.3 is 6.03 Å². The molecule has 0 bridgehead atoms. The van der Waals surface area contributed by atoms with Crippen LogP contribution in [0.2, 0.25) is 0 Å². The average Bonchev–Trinajstić information content (AvgIpc) is 2.30. The number of carbonyl (C=O) groups excluding carboxylic acids is 1. The molecule has 5 heteroatoms. The molecule has 0 saturated heterocycles. The second-order valence-corrected chi connectivity index (χ2v) is 3.29. The van der Waals surface area contributed by atoms with Gasteiger partial charge in [0, 0.05) is 19.7 Å². The first-order valence-electron chi connectivity index (χ1n) is 4.94. The number of carbonyl (C=O) groups is 1. The molecule has 0 aliphatic heterocycles. The molecule has 1 aromatic rings. The van der Waals surface area contributed by atoms with Crippen molar-refractivity contribution in [3.8, 4) is 5.75 Å². The first kappa shape index (κ1) is 12.3. The van der Waals surface area contributed by atoms with E-state index in [-0.39, 0.29) is 11.7 Å². The van der Waals surface area contributed by atoms with Gasteiger partial charge in [-0.3, -0.25) is 0 Å². The van der Waals surface area contributed by atoms with Crippen molar-refractivity contribution in [1.82, 2.24) is 4.90 Å². The molecule has 1 aromatic carbocycles. The van der Waals surface area contributed by atoms with Crippen LogP contribution < -0.4 is 10.1 Å². The molecule has 0 radical (unpaired) electrons. The van der Waals surface area contributed by atoms with Crippen molar-refractivity contribution in [2.45, 2.75) is 6.92 Å². The number of hydrogen-bond acceptors (Lipinski definition) is 2. The number of benzene rings is 1. The predicted octanol–water partition coefficient (Wildman–Crippen LogP) is 2.32. The van der Waals surface area contributed by atoms with Crippen molar-refractivity contribution >= 4 is 11.7 Å². The van der Waals surface area contributed by atoms with Crippen molar-refractivity contribution in [2.24, 2.45) is 0 Å². The molecular weight excluding hydrogens is 211 g/mol. The molecule has 0 fully saturated rings. The molecule has 1 N–H and O–H groups in total. The number of nitrogens with zero attached hydrogens (tertiary/aromatic N) is 1. The van der Waals surface area contributed by atoms with Crippen LogP contribution in [0, 0.1) is 5.82 Å². The van der Waals surface area contributed by atoms with E-state index in [4.69, 9.17) is 4.74 Å². The Bertz CT molecular complexity index is 382. The van der Waals surface area contributed by atoms with Crippen LogP contribution in [0.15, 0.2) is 18.2 Å². The number of methoxy groups -OCH3 is 1. The number of hydrogen-bond donors (Lipinski definition) is 1. The molecular formula is C11H15FN2O2. The van der Waals surface area contributed by atoms with Gasteiger partial charge in [0.25, 0.3) is 0 Å². The van der Waals surface area contributed by atoms with Crippen molar-refractivity contribution in [3.05, 3.63) is 24.0 Å². The van der Waals surface area contributed by atoms with E-state index in [1.165, 1.54) is 24.1 Å². The van der Waals surface area contributed by atoms with Gasteiger partial charge in [-0.05, 0) is 19.1 Å². The normalized spacial score (nSPS) is 9.75. The largest absolute Gasteiger partial charge is 0.497 e. The lowest BCUT2D eigenvalue weighted by atomic mass is 10.3. The Morgan fingerprint density at radius 1 is 1.56 bits per heavy atom. The molecule has 2 amide bonds. The fraction of sp³-hybridized carbons (Fsp3) is 0.364. The standard InChI is InChI=1S/C11H15FN2O2/c1-4-14(2)11(15)13-10-6-5-8(16-3)7-9(10)12/h5-7H,4H2,1-3H3,(H,13,15). The number of amides is 2. The highest BCUT2D eigenvalue weighted by Gasteiger charge is 2.10.